The van der Waals surface area contributed by atoms with Crippen LogP contribution in [0.5, 0.6) is 0 Å². The summed E-state index contributed by atoms with van der Waals surface area (Å²) < 4.78 is 7.53. The first-order chi connectivity index (χ1) is 15.7. The molecule has 0 aliphatic carbocycles. The van der Waals surface area contributed by atoms with Gasteiger partial charge in [0.1, 0.15) is 0 Å². The summed E-state index contributed by atoms with van der Waals surface area (Å²) in [5, 5.41) is 10.0. The summed E-state index contributed by atoms with van der Waals surface area (Å²) in [7, 11) is 0. The van der Waals surface area contributed by atoms with E-state index >= 15 is 0 Å². The zero-order valence-corrected chi connectivity index (χ0v) is 19.2. The molecule has 0 atom stereocenters. The molecule has 32 heavy (non-hydrogen) atoms. The number of furan rings is 1. The van der Waals surface area contributed by atoms with Crippen LogP contribution in [-0.4, -0.2) is 37.9 Å². The van der Waals surface area contributed by atoms with Gasteiger partial charge in [-0.25, -0.2) is 0 Å². The standard InChI is InChI=1S/C24H23ClN4O2S/c1-2-28(16-19-11-6-7-12-20(19)25)22(30)17-32-24-27-26-23(21-13-8-14-31-21)29(24)15-18-9-4-3-5-10-18/h3-14H,2,15-17H2,1H3. The van der Waals surface area contributed by atoms with Crippen molar-refractivity contribution in [1.29, 1.82) is 0 Å². The Morgan fingerprint density at radius 1 is 1.06 bits per heavy atom. The quantitative estimate of drug-likeness (QED) is 0.310. The maximum absolute atomic E-state index is 13.0. The molecule has 164 valence electrons. The first-order valence-electron chi connectivity index (χ1n) is 10.3. The number of halogens is 1. The van der Waals surface area contributed by atoms with Gasteiger partial charge in [-0.3, -0.25) is 9.36 Å². The van der Waals surface area contributed by atoms with Crippen molar-refractivity contribution < 1.29 is 9.21 Å². The molecule has 0 aliphatic heterocycles. The van der Waals surface area contributed by atoms with Gasteiger partial charge in [-0.1, -0.05) is 71.9 Å². The van der Waals surface area contributed by atoms with Gasteiger partial charge in [-0.15, -0.1) is 10.2 Å². The summed E-state index contributed by atoms with van der Waals surface area (Å²) in [6, 6.07) is 21.3. The number of thioether (sulfide) groups is 1. The molecule has 0 saturated carbocycles. The molecule has 0 radical (unpaired) electrons. The number of aromatic nitrogens is 3. The number of hydrogen-bond donors (Lipinski definition) is 0. The minimum absolute atomic E-state index is 0.0197. The van der Waals surface area contributed by atoms with E-state index in [0.717, 1.165) is 11.1 Å². The maximum atomic E-state index is 13.0. The van der Waals surface area contributed by atoms with Crippen LogP contribution in [0.15, 0.2) is 82.6 Å². The predicted molar refractivity (Wildman–Crippen MR) is 127 cm³/mol. The van der Waals surface area contributed by atoms with Crippen molar-refractivity contribution >= 4 is 29.3 Å². The Morgan fingerprint density at radius 2 is 1.84 bits per heavy atom. The normalized spacial score (nSPS) is 10.9. The SMILES string of the molecule is CCN(Cc1ccccc1Cl)C(=O)CSc1nnc(-c2ccco2)n1Cc1ccccc1. The third kappa shape index (κ3) is 5.23. The van der Waals surface area contributed by atoms with E-state index in [1.165, 1.54) is 11.8 Å². The van der Waals surface area contributed by atoms with E-state index in [1.54, 1.807) is 11.2 Å². The monoisotopic (exact) mass is 466 g/mol. The van der Waals surface area contributed by atoms with Gasteiger partial charge in [0.05, 0.1) is 18.6 Å². The van der Waals surface area contributed by atoms with Crippen LogP contribution in [-0.2, 0) is 17.9 Å². The number of benzene rings is 2. The molecule has 2 aromatic heterocycles. The fraction of sp³-hybridized carbons (Fsp3) is 0.208. The van der Waals surface area contributed by atoms with E-state index in [9.17, 15) is 4.79 Å². The molecular weight excluding hydrogens is 444 g/mol. The first kappa shape index (κ1) is 22.2. The maximum Gasteiger partial charge on any atom is 0.233 e. The molecule has 4 aromatic rings. The molecule has 6 nitrogen and oxygen atoms in total. The van der Waals surface area contributed by atoms with E-state index in [4.69, 9.17) is 16.0 Å². The fourth-order valence-electron chi connectivity index (χ4n) is 3.32. The molecular formula is C24H23ClN4O2S. The van der Waals surface area contributed by atoms with Gasteiger partial charge >= 0.3 is 0 Å². The van der Waals surface area contributed by atoms with E-state index < -0.39 is 0 Å². The Balaban J connectivity index is 1.51. The molecule has 4 rings (SSSR count). The lowest BCUT2D eigenvalue weighted by atomic mass is 10.2. The van der Waals surface area contributed by atoms with Gasteiger partial charge in [0.15, 0.2) is 10.9 Å². The molecule has 0 unspecified atom stereocenters. The highest BCUT2D eigenvalue weighted by molar-refractivity contribution is 7.99. The smallest absolute Gasteiger partial charge is 0.233 e. The second kappa shape index (κ2) is 10.5. The summed E-state index contributed by atoms with van der Waals surface area (Å²) >= 11 is 7.65. The van der Waals surface area contributed by atoms with Crippen molar-refractivity contribution in [1.82, 2.24) is 19.7 Å². The molecule has 1 amide bonds. The lowest BCUT2D eigenvalue weighted by Gasteiger charge is -2.21. The minimum atomic E-state index is 0.0197. The number of nitrogens with zero attached hydrogens (tertiary/aromatic N) is 4. The molecule has 2 heterocycles. The highest BCUT2D eigenvalue weighted by Crippen LogP contribution is 2.26. The van der Waals surface area contributed by atoms with Crippen LogP contribution < -0.4 is 0 Å². The molecule has 0 aliphatic rings. The summed E-state index contributed by atoms with van der Waals surface area (Å²) in [6.07, 6.45) is 1.61. The topological polar surface area (TPSA) is 64.2 Å². The van der Waals surface area contributed by atoms with Gasteiger partial charge in [-0.05, 0) is 36.2 Å². The Bertz CT molecular complexity index is 1160. The number of rotatable bonds is 9. The van der Waals surface area contributed by atoms with Crippen molar-refractivity contribution in [3.8, 4) is 11.6 Å². The summed E-state index contributed by atoms with van der Waals surface area (Å²) in [5.41, 5.74) is 2.05. The van der Waals surface area contributed by atoms with Gasteiger partial charge in [0, 0.05) is 18.1 Å². The zero-order valence-electron chi connectivity index (χ0n) is 17.6. The number of carbonyl (C=O) groups is 1. The van der Waals surface area contributed by atoms with E-state index in [-0.39, 0.29) is 11.7 Å². The van der Waals surface area contributed by atoms with Crippen molar-refractivity contribution in [2.24, 2.45) is 0 Å². The van der Waals surface area contributed by atoms with Gasteiger partial charge in [0.25, 0.3) is 0 Å². The van der Waals surface area contributed by atoms with E-state index in [1.807, 2.05) is 78.2 Å². The third-order valence-corrected chi connectivity index (χ3v) is 6.34. The Hall–Kier alpha value is -3.03. The van der Waals surface area contributed by atoms with Crippen molar-refractivity contribution in [3.05, 3.63) is 89.1 Å². The molecule has 0 fully saturated rings. The van der Waals surface area contributed by atoms with Crippen LogP contribution in [0.1, 0.15) is 18.1 Å². The molecule has 0 spiro atoms. The van der Waals surface area contributed by atoms with Gasteiger partial charge < -0.3 is 9.32 Å². The Morgan fingerprint density at radius 3 is 2.56 bits per heavy atom. The van der Waals surface area contributed by atoms with Crippen molar-refractivity contribution in [2.75, 3.05) is 12.3 Å². The number of amides is 1. The second-order valence-electron chi connectivity index (χ2n) is 7.14. The average Bonchev–Trinajstić information content (AvgIpc) is 3.48. The summed E-state index contributed by atoms with van der Waals surface area (Å²) in [6.45, 7) is 3.62. The zero-order chi connectivity index (χ0) is 22.3. The molecule has 8 heteroatoms. The van der Waals surface area contributed by atoms with Crippen LogP contribution >= 0.6 is 23.4 Å². The second-order valence-corrected chi connectivity index (χ2v) is 8.49. The molecule has 0 bridgehead atoms. The van der Waals surface area contributed by atoms with Crippen molar-refractivity contribution in [3.63, 3.8) is 0 Å². The fourth-order valence-corrected chi connectivity index (χ4v) is 4.35. The lowest BCUT2D eigenvalue weighted by molar-refractivity contribution is -0.128. The first-order valence-corrected chi connectivity index (χ1v) is 11.7. The lowest BCUT2D eigenvalue weighted by Crippen LogP contribution is -2.32. The number of hydrogen-bond acceptors (Lipinski definition) is 5. The molecule has 0 N–H and O–H groups in total. The average molecular weight is 467 g/mol. The third-order valence-electron chi connectivity index (χ3n) is 5.02. The van der Waals surface area contributed by atoms with Crippen molar-refractivity contribution in [2.45, 2.75) is 25.2 Å². The molecule has 2 aromatic carbocycles. The predicted octanol–water partition coefficient (Wildman–Crippen LogP) is 5.38. The Kier molecular flexibility index (Phi) is 7.29. The van der Waals surface area contributed by atoms with Crippen LogP contribution in [0.4, 0.5) is 0 Å². The largest absolute Gasteiger partial charge is 0.461 e. The highest BCUT2D eigenvalue weighted by Gasteiger charge is 2.20. The van der Waals surface area contributed by atoms with Crippen LogP contribution in [0.2, 0.25) is 5.02 Å². The van der Waals surface area contributed by atoms with Gasteiger partial charge in [0.2, 0.25) is 11.7 Å². The van der Waals surface area contributed by atoms with E-state index in [2.05, 4.69) is 10.2 Å². The number of carbonyl (C=O) groups excluding carboxylic acids is 1. The molecule has 0 saturated heterocycles. The summed E-state index contributed by atoms with van der Waals surface area (Å²) in [5.74, 6) is 1.55. The van der Waals surface area contributed by atoms with Crippen LogP contribution in [0, 0.1) is 0 Å². The minimum Gasteiger partial charge on any atom is -0.461 e. The van der Waals surface area contributed by atoms with Crippen LogP contribution in [0.3, 0.4) is 0 Å². The van der Waals surface area contributed by atoms with Crippen LogP contribution in [0.25, 0.3) is 11.6 Å². The summed E-state index contributed by atoms with van der Waals surface area (Å²) in [4.78, 5) is 14.7. The highest BCUT2D eigenvalue weighted by atomic mass is 35.5. The van der Waals surface area contributed by atoms with E-state index in [0.29, 0.717) is 41.4 Å². The Labute approximate surface area is 196 Å². The van der Waals surface area contributed by atoms with Gasteiger partial charge in [-0.2, -0.15) is 0 Å².